The molecule has 0 spiro atoms. The Balaban J connectivity index is 2.46. The summed E-state index contributed by atoms with van der Waals surface area (Å²) in [5.41, 5.74) is 3.15. The van der Waals surface area contributed by atoms with Crippen molar-refractivity contribution in [2.75, 3.05) is 6.54 Å². The van der Waals surface area contributed by atoms with Gasteiger partial charge in [-0.1, -0.05) is 19.8 Å². The molecule has 0 bridgehead atoms. The highest BCUT2D eigenvalue weighted by Crippen LogP contribution is 2.12. The van der Waals surface area contributed by atoms with Gasteiger partial charge in [0.1, 0.15) is 11.8 Å². The molecular formula is C13H21N3. The second-order valence-corrected chi connectivity index (χ2v) is 4.19. The predicted molar refractivity (Wildman–Crippen MR) is 66.1 cm³/mol. The highest BCUT2D eigenvalue weighted by molar-refractivity contribution is 5.33. The number of unbranched alkanes of at least 4 members (excludes halogenated alkanes) is 2. The summed E-state index contributed by atoms with van der Waals surface area (Å²) in [6, 6.07) is 4.18. The number of hydrogen-bond donors (Lipinski definition) is 1. The van der Waals surface area contributed by atoms with E-state index in [1.807, 2.05) is 17.7 Å². The molecule has 1 heterocycles. The molecule has 88 valence electrons. The van der Waals surface area contributed by atoms with Gasteiger partial charge in [-0.15, -0.1) is 0 Å². The van der Waals surface area contributed by atoms with E-state index in [-0.39, 0.29) is 0 Å². The summed E-state index contributed by atoms with van der Waals surface area (Å²) in [5.74, 6) is 0. The third kappa shape index (κ3) is 3.11. The van der Waals surface area contributed by atoms with Crippen molar-refractivity contribution in [1.29, 1.82) is 5.26 Å². The fraction of sp³-hybridized carbons (Fsp3) is 0.615. The molecule has 0 saturated heterocycles. The average Bonchev–Trinajstić information content (AvgIpc) is 2.56. The van der Waals surface area contributed by atoms with Crippen LogP contribution in [0.15, 0.2) is 6.07 Å². The highest BCUT2D eigenvalue weighted by atomic mass is 15.0. The van der Waals surface area contributed by atoms with Crippen molar-refractivity contribution in [3.05, 3.63) is 23.0 Å². The Labute approximate surface area is 98.1 Å². The van der Waals surface area contributed by atoms with Gasteiger partial charge in [0.15, 0.2) is 0 Å². The molecule has 0 atom stereocenters. The molecule has 0 radical (unpaired) electrons. The van der Waals surface area contributed by atoms with E-state index in [1.54, 1.807) is 0 Å². The molecule has 0 aliphatic rings. The number of nitrogens with one attached hydrogen (secondary N) is 1. The van der Waals surface area contributed by atoms with E-state index >= 15 is 0 Å². The van der Waals surface area contributed by atoms with Gasteiger partial charge in [-0.2, -0.15) is 5.26 Å². The first kappa shape index (κ1) is 12.8. The smallest absolute Gasteiger partial charge is 0.120 e. The Hall–Kier alpha value is -1.27. The van der Waals surface area contributed by atoms with Crippen LogP contribution in [0.5, 0.6) is 0 Å². The van der Waals surface area contributed by atoms with Crippen molar-refractivity contribution in [3.8, 4) is 6.07 Å². The molecule has 0 aliphatic carbocycles. The van der Waals surface area contributed by atoms with Crippen molar-refractivity contribution in [1.82, 2.24) is 9.88 Å². The number of aromatic nitrogens is 1. The van der Waals surface area contributed by atoms with E-state index in [2.05, 4.69) is 25.2 Å². The van der Waals surface area contributed by atoms with Gasteiger partial charge in [-0.05, 0) is 31.5 Å². The van der Waals surface area contributed by atoms with E-state index in [1.165, 1.54) is 30.5 Å². The second kappa shape index (κ2) is 6.34. The van der Waals surface area contributed by atoms with E-state index in [4.69, 9.17) is 5.26 Å². The Bertz CT molecular complexity index is 371. The Kier molecular flexibility index (Phi) is 5.07. The second-order valence-electron chi connectivity index (χ2n) is 4.19. The van der Waals surface area contributed by atoms with Crippen LogP contribution in [0, 0.1) is 18.3 Å². The topological polar surface area (TPSA) is 40.8 Å². The zero-order chi connectivity index (χ0) is 12.0. The number of nitriles is 1. The van der Waals surface area contributed by atoms with E-state index < -0.39 is 0 Å². The lowest BCUT2D eigenvalue weighted by atomic mass is 10.2. The SMILES string of the molecule is CCCCCNCc1cc(C#N)n(C)c1C. The zero-order valence-corrected chi connectivity index (χ0v) is 10.5. The molecule has 0 fully saturated rings. The summed E-state index contributed by atoms with van der Waals surface area (Å²) >= 11 is 0. The molecule has 0 aliphatic heterocycles. The molecule has 1 aromatic heterocycles. The number of nitrogens with zero attached hydrogens (tertiary/aromatic N) is 2. The Morgan fingerprint density at radius 2 is 2.19 bits per heavy atom. The van der Waals surface area contributed by atoms with E-state index in [9.17, 15) is 0 Å². The van der Waals surface area contributed by atoms with Crippen LogP contribution < -0.4 is 5.32 Å². The lowest BCUT2D eigenvalue weighted by Crippen LogP contribution is -2.15. The van der Waals surface area contributed by atoms with Gasteiger partial charge in [0, 0.05) is 19.3 Å². The minimum absolute atomic E-state index is 0.739. The minimum Gasteiger partial charge on any atom is -0.340 e. The van der Waals surface area contributed by atoms with Gasteiger partial charge in [-0.3, -0.25) is 0 Å². The predicted octanol–water partition coefficient (Wildman–Crippen LogP) is 2.49. The maximum absolute atomic E-state index is 8.91. The molecule has 1 rings (SSSR count). The lowest BCUT2D eigenvalue weighted by Gasteiger charge is -2.04. The average molecular weight is 219 g/mol. The molecule has 0 unspecified atom stereocenters. The minimum atomic E-state index is 0.739. The van der Waals surface area contributed by atoms with Crippen LogP contribution >= 0.6 is 0 Å². The normalized spacial score (nSPS) is 10.4. The molecule has 0 amide bonds. The van der Waals surface area contributed by atoms with Crippen molar-refractivity contribution < 1.29 is 0 Å². The Morgan fingerprint density at radius 3 is 2.75 bits per heavy atom. The first-order chi connectivity index (χ1) is 7.70. The molecule has 16 heavy (non-hydrogen) atoms. The summed E-state index contributed by atoms with van der Waals surface area (Å²) in [5, 5.41) is 12.3. The molecule has 0 saturated carbocycles. The molecule has 1 N–H and O–H groups in total. The zero-order valence-electron chi connectivity index (χ0n) is 10.5. The first-order valence-electron chi connectivity index (χ1n) is 5.96. The third-order valence-corrected chi connectivity index (χ3v) is 3.03. The van der Waals surface area contributed by atoms with Crippen LogP contribution in [-0.4, -0.2) is 11.1 Å². The van der Waals surface area contributed by atoms with Crippen LogP contribution in [0.1, 0.15) is 43.1 Å². The number of hydrogen-bond acceptors (Lipinski definition) is 2. The van der Waals surface area contributed by atoms with Crippen LogP contribution in [0.3, 0.4) is 0 Å². The fourth-order valence-electron chi connectivity index (χ4n) is 1.77. The first-order valence-corrected chi connectivity index (χ1v) is 5.96. The quantitative estimate of drug-likeness (QED) is 0.747. The van der Waals surface area contributed by atoms with Crippen molar-refractivity contribution in [2.45, 2.75) is 39.7 Å². The van der Waals surface area contributed by atoms with Gasteiger partial charge in [0.25, 0.3) is 0 Å². The van der Waals surface area contributed by atoms with Crippen LogP contribution in [-0.2, 0) is 13.6 Å². The molecule has 3 nitrogen and oxygen atoms in total. The molecule has 3 heteroatoms. The largest absolute Gasteiger partial charge is 0.340 e. The summed E-state index contributed by atoms with van der Waals surface area (Å²) in [4.78, 5) is 0. The molecule has 1 aromatic rings. The molecular weight excluding hydrogens is 198 g/mol. The standard InChI is InChI=1S/C13H21N3/c1-4-5-6-7-15-10-12-8-13(9-14)16(3)11(12)2/h8,15H,4-7,10H2,1-3H3. The number of rotatable bonds is 6. The van der Waals surface area contributed by atoms with Gasteiger partial charge < -0.3 is 9.88 Å². The maximum atomic E-state index is 8.91. The van der Waals surface area contributed by atoms with Gasteiger partial charge in [0.2, 0.25) is 0 Å². The van der Waals surface area contributed by atoms with Gasteiger partial charge in [-0.25, -0.2) is 0 Å². The third-order valence-electron chi connectivity index (χ3n) is 3.03. The summed E-state index contributed by atoms with van der Waals surface area (Å²) in [6.45, 7) is 6.19. The highest BCUT2D eigenvalue weighted by Gasteiger charge is 2.07. The van der Waals surface area contributed by atoms with Crippen molar-refractivity contribution in [2.24, 2.45) is 7.05 Å². The van der Waals surface area contributed by atoms with Crippen LogP contribution in [0.2, 0.25) is 0 Å². The Morgan fingerprint density at radius 1 is 1.44 bits per heavy atom. The molecule has 0 aromatic carbocycles. The van der Waals surface area contributed by atoms with Crippen LogP contribution in [0.25, 0.3) is 0 Å². The summed E-state index contributed by atoms with van der Waals surface area (Å²) < 4.78 is 1.95. The fourth-order valence-corrected chi connectivity index (χ4v) is 1.77. The summed E-state index contributed by atoms with van der Waals surface area (Å²) in [7, 11) is 1.94. The van der Waals surface area contributed by atoms with Gasteiger partial charge in [0.05, 0.1) is 0 Å². The van der Waals surface area contributed by atoms with Crippen LogP contribution in [0.4, 0.5) is 0 Å². The van der Waals surface area contributed by atoms with E-state index in [0.29, 0.717) is 0 Å². The monoisotopic (exact) mass is 219 g/mol. The lowest BCUT2D eigenvalue weighted by molar-refractivity contribution is 0.615. The van der Waals surface area contributed by atoms with Crippen molar-refractivity contribution in [3.63, 3.8) is 0 Å². The van der Waals surface area contributed by atoms with E-state index in [0.717, 1.165) is 18.8 Å². The van der Waals surface area contributed by atoms with Gasteiger partial charge >= 0.3 is 0 Å². The maximum Gasteiger partial charge on any atom is 0.120 e. The summed E-state index contributed by atoms with van der Waals surface area (Å²) in [6.07, 6.45) is 3.77. The van der Waals surface area contributed by atoms with Crippen molar-refractivity contribution >= 4 is 0 Å².